The molecule has 0 radical (unpaired) electrons. The third-order valence-electron chi connectivity index (χ3n) is 4.66. The van der Waals surface area contributed by atoms with Crippen LogP contribution in [-0.4, -0.2) is 28.4 Å². The molecule has 2 aromatic carbocycles. The van der Waals surface area contributed by atoms with Crippen LogP contribution in [0, 0.1) is 0 Å². The SMILES string of the molecule is O=C(NCCCNc1nsc2ccccc12)c1ccc(NCc2ccccn2)cc1. The summed E-state index contributed by atoms with van der Waals surface area (Å²) in [6, 6.07) is 21.5. The summed E-state index contributed by atoms with van der Waals surface area (Å²) >= 11 is 1.49. The summed E-state index contributed by atoms with van der Waals surface area (Å²) in [5.41, 5.74) is 2.58. The number of nitrogens with one attached hydrogen (secondary N) is 3. The average Bonchev–Trinajstić information content (AvgIpc) is 3.21. The molecule has 0 aliphatic heterocycles. The van der Waals surface area contributed by atoms with Crippen LogP contribution in [0.2, 0.25) is 0 Å². The van der Waals surface area contributed by atoms with Gasteiger partial charge in [-0.3, -0.25) is 9.78 Å². The standard InChI is InChI=1S/C23H23N5OS/c29-23(17-9-11-18(12-10-17)27-16-19-6-3-4-13-24-19)26-15-5-14-25-22-20-7-1-2-8-21(20)30-28-22/h1-4,6-13,27H,5,14-16H2,(H,25,28)(H,26,29). The van der Waals surface area contributed by atoms with Crippen molar-refractivity contribution in [2.75, 3.05) is 23.7 Å². The summed E-state index contributed by atoms with van der Waals surface area (Å²) in [5, 5.41) is 10.8. The number of nitrogens with zero attached hydrogens (tertiary/aromatic N) is 2. The second kappa shape index (κ2) is 9.84. The summed E-state index contributed by atoms with van der Waals surface area (Å²) < 4.78 is 5.62. The fourth-order valence-corrected chi connectivity index (χ4v) is 3.80. The van der Waals surface area contributed by atoms with Gasteiger partial charge in [0, 0.05) is 35.9 Å². The van der Waals surface area contributed by atoms with Crippen molar-refractivity contribution < 1.29 is 4.79 Å². The first-order valence-electron chi connectivity index (χ1n) is 9.90. The largest absolute Gasteiger partial charge is 0.379 e. The fraction of sp³-hybridized carbons (Fsp3) is 0.174. The van der Waals surface area contributed by atoms with Crippen LogP contribution in [-0.2, 0) is 6.54 Å². The van der Waals surface area contributed by atoms with Gasteiger partial charge in [0.05, 0.1) is 16.9 Å². The van der Waals surface area contributed by atoms with E-state index >= 15 is 0 Å². The molecule has 3 N–H and O–H groups in total. The van der Waals surface area contributed by atoms with Crippen LogP contribution in [0.3, 0.4) is 0 Å². The number of hydrogen-bond donors (Lipinski definition) is 3. The van der Waals surface area contributed by atoms with Crippen LogP contribution >= 0.6 is 11.5 Å². The Hall–Kier alpha value is -3.45. The minimum atomic E-state index is -0.0645. The first kappa shape index (κ1) is 19.8. The number of carbonyl (C=O) groups excluding carboxylic acids is 1. The van der Waals surface area contributed by atoms with Crippen molar-refractivity contribution in [1.29, 1.82) is 0 Å². The number of amides is 1. The zero-order valence-corrected chi connectivity index (χ0v) is 17.3. The second-order valence-electron chi connectivity index (χ2n) is 6.82. The van der Waals surface area contributed by atoms with E-state index in [0.29, 0.717) is 18.7 Å². The minimum Gasteiger partial charge on any atom is -0.379 e. The molecule has 0 unspecified atom stereocenters. The molecule has 0 fully saturated rings. The van der Waals surface area contributed by atoms with E-state index < -0.39 is 0 Å². The van der Waals surface area contributed by atoms with Gasteiger partial charge in [0.1, 0.15) is 5.82 Å². The molecule has 0 bridgehead atoms. The molecule has 30 heavy (non-hydrogen) atoms. The molecule has 0 saturated carbocycles. The molecule has 0 spiro atoms. The zero-order chi connectivity index (χ0) is 20.6. The molecule has 2 aromatic heterocycles. The molecule has 4 aromatic rings. The smallest absolute Gasteiger partial charge is 0.251 e. The van der Waals surface area contributed by atoms with Crippen molar-refractivity contribution in [2.45, 2.75) is 13.0 Å². The van der Waals surface area contributed by atoms with Crippen molar-refractivity contribution in [3.8, 4) is 0 Å². The van der Waals surface area contributed by atoms with Gasteiger partial charge in [0.25, 0.3) is 5.91 Å². The van der Waals surface area contributed by atoms with Gasteiger partial charge in [-0.2, -0.15) is 4.37 Å². The third-order valence-corrected chi connectivity index (χ3v) is 5.48. The second-order valence-corrected chi connectivity index (χ2v) is 7.62. The normalized spacial score (nSPS) is 10.7. The lowest BCUT2D eigenvalue weighted by atomic mass is 10.2. The van der Waals surface area contributed by atoms with E-state index in [-0.39, 0.29) is 5.91 Å². The molecular formula is C23H23N5OS. The van der Waals surface area contributed by atoms with Crippen molar-refractivity contribution >= 4 is 39.0 Å². The lowest BCUT2D eigenvalue weighted by Gasteiger charge is -2.08. The summed E-state index contributed by atoms with van der Waals surface area (Å²) in [4.78, 5) is 16.6. The van der Waals surface area contributed by atoms with Crippen LogP contribution in [0.15, 0.2) is 72.9 Å². The Bertz CT molecular complexity index is 1100. The van der Waals surface area contributed by atoms with Gasteiger partial charge in [-0.1, -0.05) is 18.2 Å². The Labute approximate surface area is 179 Å². The maximum absolute atomic E-state index is 12.3. The quantitative estimate of drug-likeness (QED) is 0.349. The van der Waals surface area contributed by atoms with Gasteiger partial charge in [0.15, 0.2) is 0 Å². The lowest BCUT2D eigenvalue weighted by Crippen LogP contribution is -2.25. The zero-order valence-electron chi connectivity index (χ0n) is 16.5. The van der Waals surface area contributed by atoms with Gasteiger partial charge in [-0.05, 0) is 66.5 Å². The van der Waals surface area contributed by atoms with E-state index in [1.165, 1.54) is 16.2 Å². The van der Waals surface area contributed by atoms with Crippen LogP contribution in [0.4, 0.5) is 11.5 Å². The van der Waals surface area contributed by atoms with Crippen LogP contribution in [0.1, 0.15) is 22.5 Å². The predicted octanol–water partition coefficient (Wildman–Crippen LogP) is 4.54. The van der Waals surface area contributed by atoms with E-state index in [0.717, 1.165) is 35.6 Å². The maximum Gasteiger partial charge on any atom is 0.251 e. The van der Waals surface area contributed by atoms with Crippen molar-refractivity contribution in [1.82, 2.24) is 14.7 Å². The van der Waals surface area contributed by atoms with Crippen LogP contribution in [0.5, 0.6) is 0 Å². The monoisotopic (exact) mass is 417 g/mol. The van der Waals surface area contributed by atoms with Gasteiger partial charge in [-0.25, -0.2) is 0 Å². The van der Waals surface area contributed by atoms with Crippen molar-refractivity contribution in [2.24, 2.45) is 0 Å². The molecule has 0 aliphatic rings. The van der Waals surface area contributed by atoms with E-state index in [4.69, 9.17) is 0 Å². The Morgan fingerprint density at radius 1 is 0.900 bits per heavy atom. The first-order chi connectivity index (χ1) is 14.8. The molecule has 1 amide bonds. The fourth-order valence-electron chi connectivity index (χ4n) is 3.05. The molecule has 152 valence electrons. The Morgan fingerprint density at radius 3 is 2.57 bits per heavy atom. The van der Waals surface area contributed by atoms with Gasteiger partial charge < -0.3 is 16.0 Å². The molecular weight excluding hydrogens is 394 g/mol. The number of rotatable bonds is 9. The van der Waals surface area contributed by atoms with Gasteiger partial charge in [0.2, 0.25) is 0 Å². The summed E-state index contributed by atoms with van der Waals surface area (Å²) in [5.74, 6) is 0.848. The molecule has 7 heteroatoms. The number of carbonyl (C=O) groups is 1. The number of pyridine rings is 1. The summed E-state index contributed by atoms with van der Waals surface area (Å²) in [6.45, 7) is 2.01. The minimum absolute atomic E-state index is 0.0645. The van der Waals surface area contributed by atoms with Crippen molar-refractivity contribution in [3.05, 3.63) is 84.2 Å². The highest BCUT2D eigenvalue weighted by Crippen LogP contribution is 2.25. The van der Waals surface area contributed by atoms with Crippen LogP contribution in [0.25, 0.3) is 10.1 Å². The number of benzene rings is 2. The number of fused-ring (bicyclic) bond motifs is 1. The van der Waals surface area contributed by atoms with Gasteiger partial charge >= 0.3 is 0 Å². The Kier molecular flexibility index (Phi) is 6.51. The average molecular weight is 418 g/mol. The maximum atomic E-state index is 12.3. The summed E-state index contributed by atoms with van der Waals surface area (Å²) in [6.07, 6.45) is 2.60. The van der Waals surface area contributed by atoms with E-state index in [1.54, 1.807) is 6.20 Å². The number of aromatic nitrogens is 2. The predicted molar refractivity (Wildman–Crippen MR) is 123 cm³/mol. The summed E-state index contributed by atoms with van der Waals surface area (Å²) in [7, 11) is 0. The number of hydrogen-bond acceptors (Lipinski definition) is 6. The van der Waals surface area contributed by atoms with E-state index in [9.17, 15) is 4.79 Å². The first-order valence-corrected chi connectivity index (χ1v) is 10.7. The van der Waals surface area contributed by atoms with E-state index in [1.807, 2.05) is 54.6 Å². The number of anilines is 2. The van der Waals surface area contributed by atoms with Gasteiger partial charge in [-0.15, -0.1) is 0 Å². The highest BCUT2D eigenvalue weighted by Gasteiger charge is 2.06. The molecule has 0 aliphatic carbocycles. The van der Waals surface area contributed by atoms with Crippen LogP contribution < -0.4 is 16.0 Å². The van der Waals surface area contributed by atoms with E-state index in [2.05, 4.69) is 37.4 Å². The molecule has 6 nitrogen and oxygen atoms in total. The Balaban J connectivity index is 1.18. The van der Waals surface area contributed by atoms with Crippen molar-refractivity contribution in [3.63, 3.8) is 0 Å². The molecule has 0 atom stereocenters. The topological polar surface area (TPSA) is 78.9 Å². The highest BCUT2D eigenvalue weighted by molar-refractivity contribution is 7.13. The molecule has 2 heterocycles. The molecule has 0 saturated heterocycles. The highest BCUT2D eigenvalue weighted by atomic mass is 32.1. The third kappa shape index (κ3) is 5.12. The molecule has 4 rings (SSSR count). The lowest BCUT2D eigenvalue weighted by molar-refractivity contribution is 0.0953. The Morgan fingerprint density at radius 2 is 1.73 bits per heavy atom.